The van der Waals surface area contributed by atoms with Gasteiger partial charge in [-0.3, -0.25) is 0 Å². The zero-order valence-corrected chi connectivity index (χ0v) is 10.6. The van der Waals surface area contributed by atoms with Crippen LogP contribution in [0.2, 0.25) is 0 Å². The van der Waals surface area contributed by atoms with E-state index in [1.807, 2.05) is 0 Å². The normalized spacial score (nSPS) is 10.6. The molecule has 1 rings (SSSR count). The fraction of sp³-hybridized carbons (Fsp3) is 0.571. The van der Waals surface area contributed by atoms with Crippen molar-refractivity contribution >= 4 is 0 Å². The molecule has 0 unspecified atom stereocenters. The summed E-state index contributed by atoms with van der Waals surface area (Å²) in [6, 6.07) is 10.5. The Morgan fingerprint density at radius 1 is 0.824 bits per heavy atom. The molecule has 4 N–H and O–H groups in total. The van der Waals surface area contributed by atoms with Crippen LogP contribution >= 0.6 is 0 Å². The van der Waals surface area contributed by atoms with Crippen molar-refractivity contribution in [3.8, 4) is 0 Å². The average molecular weight is 235 g/mol. The van der Waals surface area contributed by atoms with Crippen molar-refractivity contribution in [1.82, 2.24) is 10.6 Å². The first-order valence-corrected chi connectivity index (χ1v) is 6.59. The highest BCUT2D eigenvalue weighted by molar-refractivity contribution is 5.14. The number of unbranched alkanes of at least 4 members (excludes halogenated alkanes) is 1. The first kappa shape index (κ1) is 14.2. The minimum absolute atomic E-state index is 0.806. The van der Waals surface area contributed by atoms with Gasteiger partial charge in [-0.25, -0.2) is 0 Å². The van der Waals surface area contributed by atoms with Crippen LogP contribution in [-0.4, -0.2) is 26.2 Å². The van der Waals surface area contributed by atoms with Crippen LogP contribution in [0.1, 0.15) is 24.8 Å². The van der Waals surface area contributed by atoms with Crippen LogP contribution in [0.3, 0.4) is 0 Å². The smallest absolute Gasteiger partial charge is 0.0205 e. The number of nitrogens with one attached hydrogen (secondary N) is 2. The molecule has 1 aromatic rings. The lowest BCUT2D eigenvalue weighted by Gasteiger charge is -2.06. The summed E-state index contributed by atoms with van der Waals surface area (Å²) in [5, 5.41) is 6.87. The molecule has 0 atom stereocenters. The molecule has 0 amide bonds. The van der Waals surface area contributed by atoms with Crippen molar-refractivity contribution in [3.05, 3.63) is 35.9 Å². The van der Waals surface area contributed by atoms with Crippen molar-refractivity contribution in [3.63, 3.8) is 0 Å². The Bertz CT molecular complexity index is 261. The van der Waals surface area contributed by atoms with Crippen LogP contribution < -0.4 is 16.4 Å². The molecule has 0 aliphatic heterocycles. The molecule has 0 saturated heterocycles. The van der Waals surface area contributed by atoms with Crippen LogP contribution in [0.15, 0.2) is 30.3 Å². The summed E-state index contributed by atoms with van der Waals surface area (Å²) >= 11 is 0. The Labute approximate surface area is 105 Å². The van der Waals surface area contributed by atoms with Gasteiger partial charge >= 0.3 is 0 Å². The summed E-state index contributed by atoms with van der Waals surface area (Å²) in [7, 11) is 0. The molecular formula is C14H25N3. The summed E-state index contributed by atoms with van der Waals surface area (Å²) in [4.78, 5) is 0. The van der Waals surface area contributed by atoms with Crippen molar-refractivity contribution in [2.45, 2.75) is 25.8 Å². The molecule has 0 saturated carbocycles. The van der Waals surface area contributed by atoms with E-state index in [0.29, 0.717) is 0 Å². The van der Waals surface area contributed by atoms with Crippen molar-refractivity contribution < 1.29 is 0 Å². The van der Waals surface area contributed by atoms with E-state index in [0.717, 1.165) is 39.1 Å². The summed E-state index contributed by atoms with van der Waals surface area (Å²) in [6.45, 7) is 5.02. The molecule has 0 fully saturated rings. The zero-order valence-electron chi connectivity index (χ0n) is 10.6. The van der Waals surface area contributed by atoms with Gasteiger partial charge in [0, 0.05) is 6.54 Å². The monoisotopic (exact) mass is 235 g/mol. The molecule has 0 aromatic heterocycles. The summed E-state index contributed by atoms with van der Waals surface area (Å²) in [5.41, 5.74) is 6.78. The first-order valence-electron chi connectivity index (χ1n) is 6.59. The van der Waals surface area contributed by atoms with E-state index in [9.17, 15) is 0 Å². The van der Waals surface area contributed by atoms with Gasteiger partial charge in [-0.15, -0.1) is 0 Å². The van der Waals surface area contributed by atoms with Gasteiger partial charge in [0.05, 0.1) is 0 Å². The predicted octanol–water partition coefficient (Wildman–Crippen LogP) is 1.49. The maximum absolute atomic E-state index is 5.43. The maximum Gasteiger partial charge on any atom is 0.0205 e. The number of hydrogen-bond donors (Lipinski definition) is 3. The second kappa shape index (κ2) is 10.3. The zero-order chi connectivity index (χ0) is 12.2. The van der Waals surface area contributed by atoms with Crippen molar-refractivity contribution in [2.24, 2.45) is 5.73 Å². The van der Waals surface area contributed by atoms with E-state index in [1.165, 1.54) is 18.4 Å². The second-order valence-corrected chi connectivity index (χ2v) is 4.26. The van der Waals surface area contributed by atoms with Crippen LogP contribution in [0.5, 0.6) is 0 Å². The van der Waals surface area contributed by atoms with Crippen molar-refractivity contribution in [2.75, 3.05) is 26.2 Å². The lowest BCUT2D eigenvalue weighted by atomic mass is 10.2. The van der Waals surface area contributed by atoms with Gasteiger partial charge in [0.25, 0.3) is 0 Å². The Kier molecular flexibility index (Phi) is 8.55. The summed E-state index contributed by atoms with van der Waals surface area (Å²) < 4.78 is 0. The predicted molar refractivity (Wildman–Crippen MR) is 73.9 cm³/mol. The molecule has 3 heteroatoms. The Morgan fingerprint density at radius 2 is 1.53 bits per heavy atom. The largest absolute Gasteiger partial charge is 0.330 e. The number of rotatable bonds is 10. The van der Waals surface area contributed by atoms with Crippen molar-refractivity contribution in [1.29, 1.82) is 0 Å². The van der Waals surface area contributed by atoms with Gasteiger partial charge in [-0.05, 0) is 51.0 Å². The standard InChI is InChI=1S/C14H25N3/c15-9-4-5-10-16-11-6-12-17-13-14-7-2-1-3-8-14/h1-3,7-8,16-17H,4-6,9-13,15H2. The molecule has 3 nitrogen and oxygen atoms in total. The van der Waals surface area contributed by atoms with Gasteiger partial charge < -0.3 is 16.4 Å². The topological polar surface area (TPSA) is 50.1 Å². The average Bonchev–Trinajstić information content (AvgIpc) is 2.38. The third kappa shape index (κ3) is 7.91. The third-order valence-corrected chi connectivity index (χ3v) is 2.69. The Hall–Kier alpha value is -0.900. The highest BCUT2D eigenvalue weighted by atomic mass is 14.9. The van der Waals surface area contributed by atoms with Gasteiger partial charge in [-0.1, -0.05) is 30.3 Å². The molecule has 0 aliphatic carbocycles. The fourth-order valence-corrected chi connectivity index (χ4v) is 1.69. The SMILES string of the molecule is NCCCCNCCCNCc1ccccc1. The number of nitrogens with two attached hydrogens (primary N) is 1. The third-order valence-electron chi connectivity index (χ3n) is 2.69. The van der Waals surface area contributed by atoms with Crippen LogP contribution in [0.25, 0.3) is 0 Å². The lowest BCUT2D eigenvalue weighted by molar-refractivity contribution is 0.576. The number of hydrogen-bond acceptors (Lipinski definition) is 3. The second-order valence-electron chi connectivity index (χ2n) is 4.26. The fourth-order valence-electron chi connectivity index (χ4n) is 1.69. The highest BCUT2D eigenvalue weighted by Gasteiger charge is 1.91. The molecule has 96 valence electrons. The summed E-state index contributed by atoms with van der Waals surface area (Å²) in [6.07, 6.45) is 3.49. The van der Waals surface area contributed by atoms with E-state index >= 15 is 0 Å². The molecule has 1 aromatic carbocycles. The molecule has 0 spiro atoms. The van der Waals surface area contributed by atoms with Crippen LogP contribution in [0.4, 0.5) is 0 Å². The summed E-state index contributed by atoms with van der Waals surface area (Å²) in [5.74, 6) is 0. The van der Waals surface area contributed by atoms with Gasteiger partial charge in [0.15, 0.2) is 0 Å². The quantitative estimate of drug-likeness (QED) is 0.539. The molecule has 0 bridgehead atoms. The Balaban J connectivity index is 1.85. The molecule has 0 heterocycles. The van der Waals surface area contributed by atoms with Crippen LogP contribution in [0, 0.1) is 0 Å². The van der Waals surface area contributed by atoms with E-state index in [2.05, 4.69) is 41.0 Å². The molecule has 0 aliphatic rings. The van der Waals surface area contributed by atoms with Gasteiger partial charge in [0.2, 0.25) is 0 Å². The van der Waals surface area contributed by atoms with E-state index in [-0.39, 0.29) is 0 Å². The lowest BCUT2D eigenvalue weighted by Crippen LogP contribution is -2.22. The highest BCUT2D eigenvalue weighted by Crippen LogP contribution is 1.96. The minimum atomic E-state index is 0.806. The molecule has 17 heavy (non-hydrogen) atoms. The molecular weight excluding hydrogens is 210 g/mol. The minimum Gasteiger partial charge on any atom is -0.330 e. The van der Waals surface area contributed by atoms with E-state index < -0.39 is 0 Å². The first-order chi connectivity index (χ1) is 8.43. The maximum atomic E-state index is 5.43. The number of benzene rings is 1. The van der Waals surface area contributed by atoms with Crippen LogP contribution in [-0.2, 0) is 6.54 Å². The van der Waals surface area contributed by atoms with Gasteiger partial charge in [-0.2, -0.15) is 0 Å². The van der Waals surface area contributed by atoms with E-state index in [4.69, 9.17) is 5.73 Å². The van der Waals surface area contributed by atoms with E-state index in [1.54, 1.807) is 0 Å². The Morgan fingerprint density at radius 3 is 2.29 bits per heavy atom. The van der Waals surface area contributed by atoms with Gasteiger partial charge in [0.1, 0.15) is 0 Å². The molecule has 0 radical (unpaired) electrons.